The van der Waals surface area contributed by atoms with E-state index in [4.69, 9.17) is 24.4 Å². The van der Waals surface area contributed by atoms with E-state index in [1.54, 1.807) is 6.08 Å². The Morgan fingerprint density at radius 1 is 0.820 bits per heavy atom. The fraction of sp³-hybridized carbons (Fsp3) is 0.185. The summed E-state index contributed by atoms with van der Waals surface area (Å²) >= 11 is 0. The van der Waals surface area contributed by atoms with Crippen LogP contribution in [0.3, 0.4) is 0 Å². The number of hydrogen-bond acceptors (Lipinski definition) is 5. The standard InChI is InChI=1S/C54H56BN5O/c1-13-20-26-37(18-6)50-57-51(38(23-15-3)27-21-14-2)59-52(58-50)39-30-31-48-46(33-39)56-53(61-48)40-28-22-29-41(32-40)60-47(36(9)43(25-17-5)49(60)55-12)34-45-35(8)42(24-16-4)44(19-7)54(45,10)11/h13-34,55H,1,7-8H2,2-6,9-12H3/b21-14-,23-15-,24-16-,25-17-,26-20-,37-18+,38-27+,45-34+. The van der Waals surface area contributed by atoms with Gasteiger partial charge in [0.05, 0.1) is 0 Å². The molecule has 2 aromatic carbocycles. The maximum absolute atomic E-state index is 6.48. The molecule has 0 bridgehead atoms. The van der Waals surface area contributed by atoms with Gasteiger partial charge in [-0.1, -0.05) is 132 Å². The van der Waals surface area contributed by atoms with Crippen molar-refractivity contribution in [2.45, 2.75) is 62.2 Å². The highest BCUT2D eigenvalue weighted by Gasteiger charge is 2.37. The van der Waals surface area contributed by atoms with Crippen molar-refractivity contribution in [1.29, 1.82) is 0 Å². The maximum atomic E-state index is 6.48. The van der Waals surface area contributed by atoms with E-state index in [9.17, 15) is 0 Å². The maximum Gasteiger partial charge on any atom is 0.227 e. The zero-order chi connectivity index (χ0) is 43.8. The lowest BCUT2D eigenvalue weighted by atomic mass is 9.75. The van der Waals surface area contributed by atoms with Crippen LogP contribution in [0.2, 0.25) is 6.82 Å². The first-order valence-corrected chi connectivity index (χ1v) is 21.0. The van der Waals surface area contributed by atoms with Crippen LogP contribution in [-0.2, 0) is 0 Å². The zero-order valence-electron chi connectivity index (χ0n) is 37.2. The van der Waals surface area contributed by atoms with Gasteiger partial charge in [-0.05, 0) is 123 Å². The van der Waals surface area contributed by atoms with Gasteiger partial charge in [0.15, 0.2) is 30.3 Å². The van der Waals surface area contributed by atoms with Gasteiger partial charge < -0.3 is 8.98 Å². The van der Waals surface area contributed by atoms with Gasteiger partial charge >= 0.3 is 0 Å². The normalized spacial score (nSPS) is 15.8. The third kappa shape index (κ3) is 8.60. The molecular weight excluding hydrogens is 745 g/mol. The van der Waals surface area contributed by atoms with Gasteiger partial charge in [-0.2, -0.15) is 0 Å². The number of rotatable bonds is 14. The van der Waals surface area contributed by atoms with Crippen LogP contribution >= 0.6 is 0 Å². The van der Waals surface area contributed by atoms with Crippen LogP contribution in [0.15, 0.2) is 168 Å². The summed E-state index contributed by atoms with van der Waals surface area (Å²) in [6, 6.07) is 14.3. The van der Waals surface area contributed by atoms with Gasteiger partial charge in [0, 0.05) is 39.1 Å². The van der Waals surface area contributed by atoms with Crippen molar-refractivity contribution in [2.75, 3.05) is 0 Å². The molecule has 0 spiro atoms. The molecule has 0 unspecified atom stereocenters. The molecule has 0 atom stereocenters. The second-order valence-electron chi connectivity index (χ2n) is 15.3. The second kappa shape index (κ2) is 19.0. The van der Waals surface area contributed by atoms with Crippen molar-refractivity contribution in [3.63, 3.8) is 0 Å². The largest absolute Gasteiger partial charge is 0.436 e. The lowest BCUT2D eigenvalue weighted by Crippen LogP contribution is -2.24. The van der Waals surface area contributed by atoms with Crippen LogP contribution < -0.4 is 5.59 Å². The molecule has 0 fully saturated rings. The quantitative estimate of drug-likeness (QED) is 0.0826. The number of oxazole rings is 1. The van der Waals surface area contributed by atoms with Crippen molar-refractivity contribution in [2.24, 2.45) is 5.41 Å². The molecule has 5 aromatic rings. The Morgan fingerprint density at radius 2 is 1.57 bits per heavy atom. The molecule has 3 aromatic heterocycles. The predicted molar refractivity (Wildman–Crippen MR) is 263 cm³/mol. The third-order valence-corrected chi connectivity index (χ3v) is 11.1. The van der Waals surface area contributed by atoms with E-state index in [1.165, 1.54) is 27.9 Å². The molecule has 0 radical (unpaired) electrons. The minimum absolute atomic E-state index is 0.277. The highest BCUT2D eigenvalue weighted by atomic mass is 16.3. The van der Waals surface area contributed by atoms with Crippen molar-refractivity contribution in [1.82, 2.24) is 24.5 Å². The first-order chi connectivity index (χ1) is 29.5. The van der Waals surface area contributed by atoms with Crippen molar-refractivity contribution >= 4 is 47.3 Å². The molecule has 3 heterocycles. The average Bonchev–Trinajstić information content (AvgIpc) is 3.87. The molecule has 0 aliphatic heterocycles. The minimum atomic E-state index is -0.277. The first-order valence-electron chi connectivity index (χ1n) is 21.0. The Labute approximate surface area is 362 Å². The van der Waals surface area contributed by atoms with E-state index in [1.807, 2.05) is 107 Å². The summed E-state index contributed by atoms with van der Waals surface area (Å²) in [7, 11) is 0.839. The molecule has 306 valence electrons. The van der Waals surface area contributed by atoms with E-state index in [0.29, 0.717) is 34.5 Å². The van der Waals surface area contributed by atoms with E-state index < -0.39 is 0 Å². The summed E-state index contributed by atoms with van der Waals surface area (Å²) in [4.78, 5) is 19.9. The first kappa shape index (κ1) is 43.7. The molecule has 61 heavy (non-hydrogen) atoms. The molecule has 0 saturated carbocycles. The summed E-state index contributed by atoms with van der Waals surface area (Å²) in [5.41, 5.74) is 14.8. The molecule has 0 amide bonds. The summed E-state index contributed by atoms with van der Waals surface area (Å²) in [6.45, 7) is 31.6. The lowest BCUT2D eigenvalue weighted by molar-refractivity contribution is 0.582. The molecular formula is C54H56BN5O. The van der Waals surface area contributed by atoms with E-state index >= 15 is 0 Å². The number of hydrogen-bond donors (Lipinski definition) is 0. The highest BCUT2D eigenvalue weighted by Crippen LogP contribution is 2.51. The molecule has 1 aliphatic carbocycles. The van der Waals surface area contributed by atoms with Gasteiger partial charge in [0.1, 0.15) is 5.52 Å². The topological polar surface area (TPSA) is 69.6 Å². The number of benzene rings is 2. The Balaban J connectivity index is 1.48. The molecule has 1 aliphatic rings. The van der Waals surface area contributed by atoms with Gasteiger partial charge in [-0.25, -0.2) is 19.9 Å². The number of allylic oxidation sites excluding steroid dienone is 19. The van der Waals surface area contributed by atoms with E-state index in [2.05, 4.69) is 107 Å². The Bertz CT molecular complexity index is 2820. The Morgan fingerprint density at radius 3 is 2.23 bits per heavy atom. The van der Waals surface area contributed by atoms with Crippen LogP contribution in [0.1, 0.15) is 76.9 Å². The smallest absolute Gasteiger partial charge is 0.227 e. The molecule has 0 saturated heterocycles. The fourth-order valence-electron chi connectivity index (χ4n) is 8.07. The van der Waals surface area contributed by atoms with Gasteiger partial charge in [0.2, 0.25) is 5.89 Å². The van der Waals surface area contributed by atoms with Gasteiger partial charge in [-0.15, -0.1) is 0 Å². The second-order valence-corrected chi connectivity index (χ2v) is 15.3. The number of aromatic nitrogens is 5. The highest BCUT2D eigenvalue weighted by molar-refractivity contribution is 6.52. The van der Waals surface area contributed by atoms with Gasteiger partial charge in [-0.3, -0.25) is 0 Å². The summed E-state index contributed by atoms with van der Waals surface area (Å²) in [5.74, 6) is 2.19. The molecule has 7 heteroatoms. The van der Waals surface area contributed by atoms with Crippen LogP contribution in [-0.4, -0.2) is 31.8 Å². The molecule has 0 N–H and O–H groups in total. The van der Waals surface area contributed by atoms with Crippen molar-refractivity contribution < 1.29 is 4.42 Å². The van der Waals surface area contributed by atoms with Crippen molar-refractivity contribution in [3.8, 4) is 28.5 Å². The van der Waals surface area contributed by atoms with E-state index in [0.717, 1.165) is 52.1 Å². The summed E-state index contributed by atoms with van der Waals surface area (Å²) in [6.07, 6.45) is 30.4. The van der Waals surface area contributed by atoms with E-state index in [-0.39, 0.29) is 5.41 Å². The van der Waals surface area contributed by atoms with Crippen LogP contribution in [0.4, 0.5) is 0 Å². The van der Waals surface area contributed by atoms with Crippen LogP contribution in [0.25, 0.3) is 62.9 Å². The third-order valence-electron chi connectivity index (χ3n) is 11.1. The number of nitrogens with zero attached hydrogens (tertiary/aromatic N) is 5. The van der Waals surface area contributed by atoms with Gasteiger partial charge in [0.25, 0.3) is 0 Å². The van der Waals surface area contributed by atoms with Crippen molar-refractivity contribution in [3.05, 3.63) is 192 Å². The zero-order valence-corrected chi connectivity index (χ0v) is 37.2. The predicted octanol–water partition coefficient (Wildman–Crippen LogP) is 13.3. The number of fused-ring (bicyclic) bond motifs is 1. The van der Waals surface area contributed by atoms with Crippen LogP contribution in [0.5, 0.6) is 0 Å². The average molecular weight is 802 g/mol. The van der Waals surface area contributed by atoms with Crippen LogP contribution in [0, 0.1) is 12.3 Å². The Kier molecular flexibility index (Phi) is 13.6. The Hall–Kier alpha value is -6.86. The summed E-state index contributed by atoms with van der Waals surface area (Å²) in [5, 5.41) is 0. The SMILES string of the molecule is C=C/C=C\C(=C/C)c1nc(C(/C=C\C)=C/C=C\C)nc(-c2ccc3oc(-c4cccc(-n5c(BC)c(/C=C\C)c(C)c5/C=C5\C(=C)C(/C=C\C)=C(C=C)C5(C)C)c4)nc3c2)n1. The monoisotopic (exact) mass is 801 g/mol. The molecule has 6 nitrogen and oxygen atoms in total. The summed E-state index contributed by atoms with van der Waals surface area (Å²) < 4.78 is 8.86. The minimum Gasteiger partial charge on any atom is -0.436 e. The lowest BCUT2D eigenvalue weighted by Gasteiger charge is -2.24. The fourth-order valence-corrected chi connectivity index (χ4v) is 8.07. The molecule has 6 rings (SSSR count).